The molecule has 0 saturated heterocycles. The first-order valence-corrected chi connectivity index (χ1v) is 10.2. The van der Waals surface area contributed by atoms with Crippen LogP contribution in [0.4, 0.5) is 0 Å². The summed E-state index contributed by atoms with van der Waals surface area (Å²) in [7, 11) is -17.0. The van der Waals surface area contributed by atoms with Crippen LogP contribution in [0.15, 0.2) is 0 Å². The van der Waals surface area contributed by atoms with Crippen LogP contribution in [0.2, 0.25) is 0 Å². The zero-order valence-corrected chi connectivity index (χ0v) is 13.8. The van der Waals surface area contributed by atoms with Crippen LogP contribution in [-0.2, 0) is 27.3 Å². The zero-order valence-electron chi connectivity index (χ0n) is 11.2. The summed E-state index contributed by atoms with van der Waals surface area (Å²) in [6, 6.07) is 0. The van der Waals surface area contributed by atoms with Crippen LogP contribution in [0.3, 0.4) is 0 Å². The van der Waals surface area contributed by atoms with Crippen LogP contribution in [0.5, 0.6) is 0 Å². The number of aliphatic hydroxyl groups excluding tert-OH is 3. The highest BCUT2D eigenvalue weighted by atomic mass is 31.2. The van der Waals surface area contributed by atoms with E-state index in [0.29, 0.717) is 0 Å². The second-order valence-electron chi connectivity index (χ2n) is 4.59. The Morgan fingerprint density at radius 2 is 0.833 bits per heavy atom. The van der Waals surface area contributed by atoms with Gasteiger partial charge in [0.2, 0.25) is 0 Å². The fraction of sp³-hybridized carbons (Fsp3) is 1.00. The predicted octanol–water partition coefficient (Wildman–Crippen LogP) is -5.38. The largest absolute Gasteiger partial charge is 0.756 e. The minimum atomic E-state index is -5.72. The van der Waals surface area contributed by atoms with Crippen LogP contribution < -0.4 is 14.7 Å². The Balaban J connectivity index is 3.23. The molecule has 0 amide bonds. The number of rotatable bonds is 6. The Bertz CT molecular complexity index is 574. The van der Waals surface area contributed by atoms with E-state index >= 15 is 0 Å². The maximum atomic E-state index is 10.8. The minimum absolute atomic E-state index is 2.44. The first kappa shape index (κ1) is 22.3. The van der Waals surface area contributed by atoms with Gasteiger partial charge in [-0.05, 0) is 0 Å². The predicted molar refractivity (Wildman–Crippen MR) is 62.1 cm³/mol. The third kappa shape index (κ3) is 6.50. The lowest BCUT2D eigenvalue weighted by Crippen LogP contribution is -2.65. The molecule has 0 aromatic carbocycles. The Morgan fingerprint density at radius 3 is 1.17 bits per heavy atom. The number of phosphoric acid groups is 3. The van der Waals surface area contributed by atoms with E-state index in [0.717, 1.165) is 0 Å². The van der Waals surface area contributed by atoms with E-state index in [-0.39, 0.29) is 0 Å². The minimum Gasteiger partial charge on any atom is -0.756 e. The van der Waals surface area contributed by atoms with Gasteiger partial charge in [0, 0.05) is 0 Å². The van der Waals surface area contributed by atoms with Crippen molar-refractivity contribution in [1.29, 1.82) is 0 Å². The van der Waals surface area contributed by atoms with Gasteiger partial charge in [0.15, 0.2) is 0 Å². The lowest BCUT2D eigenvalue weighted by Gasteiger charge is -2.47. The van der Waals surface area contributed by atoms with Crippen LogP contribution in [0.25, 0.3) is 0 Å². The monoisotopic (exact) mass is 417 g/mol. The Hall–Kier alpha value is 0.210. The highest BCUT2D eigenvalue weighted by molar-refractivity contribution is 7.45. The SMILES string of the molecule is O=P([O-])(O)OC1C(OP(=O)([O-])O)[C@H](O)[C@@H](O)C(OP(=O)([O-])O)[C@@H]1O. The van der Waals surface area contributed by atoms with E-state index in [2.05, 4.69) is 13.6 Å². The van der Waals surface area contributed by atoms with Crippen molar-refractivity contribution in [2.45, 2.75) is 36.6 Å². The molecular formula is C6H12O15P3-3. The molecule has 18 heteroatoms. The molecule has 1 rings (SSSR count). The van der Waals surface area contributed by atoms with Crippen molar-refractivity contribution in [2.24, 2.45) is 0 Å². The molecule has 0 aromatic heterocycles. The van der Waals surface area contributed by atoms with Crippen molar-refractivity contribution in [2.75, 3.05) is 0 Å². The summed E-state index contributed by atoms with van der Waals surface area (Å²) in [6.45, 7) is 0. The number of aliphatic hydroxyl groups is 3. The van der Waals surface area contributed by atoms with Gasteiger partial charge in [0.25, 0.3) is 23.5 Å². The molecule has 1 aliphatic rings. The van der Waals surface area contributed by atoms with Crippen LogP contribution in [-0.4, -0.2) is 66.6 Å². The van der Waals surface area contributed by atoms with Gasteiger partial charge in [-0.25, -0.2) is 0 Å². The molecule has 15 nitrogen and oxygen atoms in total. The Morgan fingerprint density at radius 1 is 0.583 bits per heavy atom. The molecule has 0 radical (unpaired) electrons. The topological polar surface area (TPSA) is 269 Å². The van der Waals surface area contributed by atoms with E-state index in [1.807, 2.05) is 0 Å². The molecule has 0 spiro atoms. The Kier molecular flexibility index (Phi) is 6.90. The standard InChI is InChI=1S/C6H15O15P3/c7-1-2(8)5(20-23(13,14)15)6(21-24(16,17)18)3(9)4(1)19-22(10,11)12/h1-9H,(H2,10,11,12)(H2,13,14,15)(H2,16,17,18)/p-3/t1-,2-,3+,4?,5?,6?/m1/s1. The summed E-state index contributed by atoms with van der Waals surface area (Å²) in [5.74, 6) is 0. The summed E-state index contributed by atoms with van der Waals surface area (Å²) in [5, 5.41) is 29.1. The van der Waals surface area contributed by atoms with Gasteiger partial charge in [-0.2, -0.15) is 0 Å². The van der Waals surface area contributed by atoms with Gasteiger partial charge in [-0.1, -0.05) is 0 Å². The number of hydrogen-bond acceptors (Lipinski definition) is 12. The fourth-order valence-electron chi connectivity index (χ4n) is 2.00. The summed E-state index contributed by atoms with van der Waals surface area (Å²) < 4.78 is 43.9. The molecule has 9 atom stereocenters. The average Bonchev–Trinajstić information content (AvgIpc) is 2.32. The van der Waals surface area contributed by atoms with E-state index < -0.39 is 60.1 Å². The number of hydrogen-bond donors (Lipinski definition) is 6. The number of phosphoric ester groups is 3. The zero-order chi connectivity index (χ0) is 19.1. The molecule has 0 aliphatic heterocycles. The second-order valence-corrected chi connectivity index (χ2v) is 8.03. The first-order valence-electron chi connectivity index (χ1n) is 5.72. The van der Waals surface area contributed by atoms with E-state index in [1.165, 1.54) is 0 Å². The van der Waals surface area contributed by atoms with Crippen LogP contribution in [0, 0.1) is 0 Å². The van der Waals surface area contributed by atoms with Crippen LogP contribution >= 0.6 is 23.5 Å². The van der Waals surface area contributed by atoms with Gasteiger partial charge < -0.3 is 58.3 Å². The molecular weight excluding hydrogens is 405 g/mol. The molecule has 0 bridgehead atoms. The quantitative estimate of drug-likeness (QED) is 0.220. The maximum absolute atomic E-state index is 10.8. The molecule has 144 valence electrons. The molecule has 0 aromatic rings. The van der Waals surface area contributed by atoms with Gasteiger partial charge in [-0.15, -0.1) is 0 Å². The van der Waals surface area contributed by atoms with Crippen molar-refractivity contribution >= 4 is 23.5 Å². The van der Waals surface area contributed by atoms with Crippen LogP contribution in [0.1, 0.15) is 0 Å². The van der Waals surface area contributed by atoms with Crippen molar-refractivity contribution < 1.29 is 71.9 Å². The highest BCUT2D eigenvalue weighted by Gasteiger charge is 2.54. The molecule has 1 fully saturated rings. The molecule has 0 heterocycles. The van der Waals surface area contributed by atoms with E-state index in [1.54, 1.807) is 0 Å². The van der Waals surface area contributed by atoms with Gasteiger partial charge >= 0.3 is 0 Å². The van der Waals surface area contributed by atoms with Crippen molar-refractivity contribution in [1.82, 2.24) is 0 Å². The van der Waals surface area contributed by atoms with Gasteiger partial charge in [0.05, 0.1) is 0 Å². The normalized spacial score (nSPS) is 41.9. The third-order valence-corrected chi connectivity index (χ3v) is 4.31. The first-order chi connectivity index (χ1) is 10.5. The summed E-state index contributed by atoms with van der Waals surface area (Å²) in [4.78, 5) is 58.0. The summed E-state index contributed by atoms with van der Waals surface area (Å²) in [6.07, 6.45) is -15.0. The molecule has 24 heavy (non-hydrogen) atoms. The van der Waals surface area contributed by atoms with E-state index in [4.69, 9.17) is 14.7 Å². The molecule has 6 N–H and O–H groups in total. The third-order valence-electron chi connectivity index (χ3n) is 2.78. The smallest absolute Gasteiger partial charge is 0.265 e. The summed E-state index contributed by atoms with van der Waals surface area (Å²) in [5.41, 5.74) is 0. The molecule has 1 saturated carbocycles. The Labute approximate surface area is 133 Å². The van der Waals surface area contributed by atoms with Crippen molar-refractivity contribution in [3.63, 3.8) is 0 Å². The summed E-state index contributed by atoms with van der Waals surface area (Å²) >= 11 is 0. The van der Waals surface area contributed by atoms with Gasteiger partial charge in [0.1, 0.15) is 36.6 Å². The molecule has 1 aliphatic carbocycles. The van der Waals surface area contributed by atoms with Crippen molar-refractivity contribution in [3.05, 3.63) is 0 Å². The molecule has 6 unspecified atom stereocenters. The lowest BCUT2D eigenvalue weighted by atomic mass is 9.85. The van der Waals surface area contributed by atoms with E-state index in [9.17, 15) is 43.7 Å². The fourth-order valence-corrected chi connectivity index (χ4v) is 3.66. The second kappa shape index (κ2) is 7.45. The average molecular weight is 417 g/mol. The highest BCUT2D eigenvalue weighted by Crippen LogP contribution is 2.45. The van der Waals surface area contributed by atoms with Gasteiger partial charge in [-0.3, -0.25) is 13.7 Å². The lowest BCUT2D eigenvalue weighted by molar-refractivity contribution is -0.278. The maximum Gasteiger partial charge on any atom is 0.265 e. The van der Waals surface area contributed by atoms with Crippen molar-refractivity contribution in [3.8, 4) is 0 Å².